The minimum Gasteiger partial charge on any atom is -0.481 e. The zero-order valence-electron chi connectivity index (χ0n) is 21.0. The molecule has 1 amide bonds. The molecule has 0 saturated heterocycles. The Morgan fingerprint density at radius 2 is 1.41 bits per heavy atom. The summed E-state index contributed by atoms with van der Waals surface area (Å²) >= 11 is 0. The first-order valence-electron chi connectivity index (χ1n) is 13.2. The highest BCUT2D eigenvalue weighted by Crippen LogP contribution is 2.37. The van der Waals surface area contributed by atoms with Crippen LogP contribution in [0, 0.1) is 17.8 Å². The van der Waals surface area contributed by atoms with Gasteiger partial charge >= 0.3 is 5.97 Å². The first-order chi connectivity index (χ1) is 16.4. The second-order valence-corrected chi connectivity index (χ2v) is 10.5. The van der Waals surface area contributed by atoms with Gasteiger partial charge in [-0.2, -0.15) is 0 Å². The molecule has 3 aliphatic carbocycles. The summed E-state index contributed by atoms with van der Waals surface area (Å²) in [6.07, 6.45) is 11.6. The van der Waals surface area contributed by atoms with E-state index >= 15 is 0 Å². The Hall–Kier alpha value is -1.73. The molecule has 2 fully saturated rings. The van der Waals surface area contributed by atoms with Crippen molar-refractivity contribution in [3.63, 3.8) is 0 Å². The number of Topliss-reactive ketones (excluding diaryl/α,β-unsaturated/α-hetero) is 1. The van der Waals surface area contributed by atoms with Crippen LogP contribution in [-0.2, 0) is 23.9 Å². The van der Waals surface area contributed by atoms with Crippen molar-refractivity contribution in [3.05, 3.63) is 11.1 Å². The number of carboxylic acid groups (broad SMARTS) is 1. The quantitative estimate of drug-likeness (QED) is 0.456. The van der Waals surface area contributed by atoms with Gasteiger partial charge in [-0.3, -0.25) is 14.4 Å². The highest BCUT2D eigenvalue weighted by Gasteiger charge is 2.33. The maximum atomic E-state index is 13.4. The van der Waals surface area contributed by atoms with Gasteiger partial charge in [-0.15, -0.1) is 0 Å². The van der Waals surface area contributed by atoms with Gasteiger partial charge < -0.3 is 19.9 Å². The Bertz CT molecular complexity index is 731. The van der Waals surface area contributed by atoms with Crippen molar-refractivity contribution in [2.45, 2.75) is 102 Å². The van der Waals surface area contributed by atoms with Crippen molar-refractivity contribution in [3.8, 4) is 0 Å². The highest BCUT2D eigenvalue weighted by atomic mass is 16.5. The predicted octanol–water partition coefficient (Wildman–Crippen LogP) is 4.43. The summed E-state index contributed by atoms with van der Waals surface area (Å²) < 4.78 is 10.9. The van der Waals surface area contributed by atoms with Crippen molar-refractivity contribution >= 4 is 17.7 Å². The number of carbonyl (C=O) groups is 3. The Kier molecular flexibility index (Phi) is 10.6. The third-order valence-corrected chi connectivity index (χ3v) is 8.36. The van der Waals surface area contributed by atoms with Gasteiger partial charge in [-0.25, -0.2) is 0 Å². The molecule has 0 aromatic heterocycles. The summed E-state index contributed by atoms with van der Waals surface area (Å²) in [6.45, 7) is 0.643. The molecule has 2 N–H and O–H groups in total. The second kappa shape index (κ2) is 13.4. The van der Waals surface area contributed by atoms with Crippen LogP contribution < -0.4 is 5.32 Å². The molecule has 7 heteroatoms. The predicted molar refractivity (Wildman–Crippen MR) is 129 cm³/mol. The largest absolute Gasteiger partial charge is 0.481 e. The van der Waals surface area contributed by atoms with Crippen LogP contribution in [0.25, 0.3) is 0 Å². The van der Waals surface area contributed by atoms with Crippen LogP contribution in [0.4, 0.5) is 0 Å². The number of ketones is 1. The number of carboxylic acids is 1. The molecule has 0 radical (unpaired) electrons. The molecule has 1 atom stereocenters. The van der Waals surface area contributed by atoms with Crippen LogP contribution >= 0.6 is 0 Å². The lowest BCUT2D eigenvalue weighted by atomic mass is 9.74. The van der Waals surface area contributed by atoms with Crippen molar-refractivity contribution < 1.29 is 29.0 Å². The van der Waals surface area contributed by atoms with Gasteiger partial charge in [0.1, 0.15) is 0 Å². The third kappa shape index (κ3) is 7.64. The van der Waals surface area contributed by atoms with Crippen molar-refractivity contribution in [1.82, 2.24) is 5.32 Å². The molecule has 3 rings (SSSR count). The Labute approximate surface area is 204 Å². The molecule has 0 spiro atoms. The fraction of sp³-hybridized carbons (Fsp3) is 0.815. The smallest absolute Gasteiger partial charge is 0.303 e. The molecule has 0 aromatic carbocycles. The van der Waals surface area contributed by atoms with E-state index in [1.807, 2.05) is 0 Å². The van der Waals surface area contributed by atoms with Crippen molar-refractivity contribution in [1.29, 1.82) is 0 Å². The second-order valence-electron chi connectivity index (χ2n) is 10.5. The van der Waals surface area contributed by atoms with E-state index in [0.717, 1.165) is 64.2 Å². The average Bonchev–Trinajstić information content (AvgIpc) is 2.87. The minimum absolute atomic E-state index is 0.00696. The number of rotatable bonds is 11. The number of ether oxygens (including phenoxy) is 2. The van der Waals surface area contributed by atoms with Crippen molar-refractivity contribution in [2.75, 3.05) is 20.8 Å². The first kappa shape index (κ1) is 26.9. The fourth-order valence-electron chi connectivity index (χ4n) is 6.17. The lowest BCUT2D eigenvalue weighted by Gasteiger charge is -2.33. The van der Waals surface area contributed by atoms with Crippen LogP contribution in [0.15, 0.2) is 11.1 Å². The van der Waals surface area contributed by atoms with E-state index in [4.69, 9.17) is 9.47 Å². The molecule has 0 aliphatic heterocycles. The van der Waals surface area contributed by atoms with Gasteiger partial charge in [0.05, 0.1) is 12.2 Å². The fourth-order valence-corrected chi connectivity index (χ4v) is 6.17. The Balaban J connectivity index is 1.61. The maximum Gasteiger partial charge on any atom is 0.303 e. The van der Waals surface area contributed by atoms with Crippen molar-refractivity contribution in [2.24, 2.45) is 17.8 Å². The molecule has 34 heavy (non-hydrogen) atoms. The molecule has 0 unspecified atom stereocenters. The van der Waals surface area contributed by atoms with E-state index in [1.165, 1.54) is 0 Å². The van der Waals surface area contributed by atoms with Gasteiger partial charge in [-0.05, 0) is 94.8 Å². The molecule has 3 aliphatic rings. The van der Waals surface area contributed by atoms with Gasteiger partial charge in [0, 0.05) is 44.8 Å². The number of allylic oxidation sites excluding steroid dienone is 1. The lowest BCUT2D eigenvalue weighted by molar-refractivity contribution is -0.139. The summed E-state index contributed by atoms with van der Waals surface area (Å²) in [5.74, 6) is -0.489. The van der Waals surface area contributed by atoms with Crippen LogP contribution in [-0.4, -0.2) is 55.7 Å². The number of aliphatic carboxylic acids is 1. The van der Waals surface area contributed by atoms with E-state index in [-0.39, 0.29) is 42.5 Å². The van der Waals surface area contributed by atoms with E-state index in [1.54, 1.807) is 14.2 Å². The van der Waals surface area contributed by atoms with E-state index in [0.29, 0.717) is 42.6 Å². The van der Waals surface area contributed by atoms with Crippen LogP contribution in [0.2, 0.25) is 0 Å². The summed E-state index contributed by atoms with van der Waals surface area (Å²) in [6, 6.07) is 0. The first-order valence-corrected chi connectivity index (χ1v) is 13.2. The number of hydrogen-bond acceptors (Lipinski definition) is 5. The number of methoxy groups -OCH3 is 2. The van der Waals surface area contributed by atoms with Gasteiger partial charge in [-0.1, -0.05) is 0 Å². The average molecular weight is 478 g/mol. The van der Waals surface area contributed by atoms with Crippen LogP contribution in [0.3, 0.4) is 0 Å². The molecular weight excluding hydrogens is 434 g/mol. The third-order valence-electron chi connectivity index (χ3n) is 8.36. The number of amides is 1. The topological polar surface area (TPSA) is 102 Å². The highest BCUT2D eigenvalue weighted by molar-refractivity contribution is 6.06. The summed E-state index contributed by atoms with van der Waals surface area (Å²) in [5.41, 5.74) is 1.28. The number of nitrogens with one attached hydrogen (secondary N) is 1. The van der Waals surface area contributed by atoms with E-state index in [9.17, 15) is 19.5 Å². The normalized spacial score (nSPS) is 28.9. The molecular formula is C27H43NO6. The monoisotopic (exact) mass is 477 g/mol. The zero-order valence-corrected chi connectivity index (χ0v) is 21.0. The molecule has 0 aromatic rings. The molecule has 192 valence electrons. The van der Waals surface area contributed by atoms with Crippen LogP contribution in [0.5, 0.6) is 0 Å². The molecule has 7 nitrogen and oxygen atoms in total. The zero-order chi connectivity index (χ0) is 24.5. The van der Waals surface area contributed by atoms with Gasteiger partial charge in [0.25, 0.3) is 0 Å². The van der Waals surface area contributed by atoms with E-state index < -0.39 is 5.97 Å². The van der Waals surface area contributed by atoms with Crippen LogP contribution in [0.1, 0.15) is 89.9 Å². The summed E-state index contributed by atoms with van der Waals surface area (Å²) in [4.78, 5) is 38.0. The summed E-state index contributed by atoms with van der Waals surface area (Å²) in [7, 11) is 3.47. The summed E-state index contributed by atoms with van der Waals surface area (Å²) in [5, 5.41) is 12.6. The van der Waals surface area contributed by atoms with Gasteiger partial charge in [0.15, 0.2) is 5.78 Å². The molecule has 0 heterocycles. The Morgan fingerprint density at radius 1 is 0.853 bits per heavy atom. The number of carbonyl (C=O) groups excluding carboxylic acids is 2. The number of hydrogen-bond donors (Lipinski definition) is 2. The molecule has 0 bridgehead atoms. The molecule has 2 saturated carbocycles. The standard InChI is InChI=1S/C27H43NO6/c1-33-21-11-7-18(8-12-21)17-28-27(32)24-6-4-3-5-23(24)25(29)15-20(16-26(30)31)19-9-13-22(34-2)14-10-19/h18-22H,3-17H2,1-2H3,(H,28,32)(H,30,31)/t18?,19?,20-,21?,22?/m0/s1. The van der Waals surface area contributed by atoms with E-state index in [2.05, 4.69) is 5.32 Å². The van der Waals surface area contributed by atoms with Gasteiger partial charge in [0.2, 0.25) is 5.91 Å². The minimum atomic E-state index is -0.856. The lowest BCUT2D eigenvalue weighted by Crippen LogP contribution is -2.35. The maximum absolute atomic E-state index is 13.4. The SMILES string of the molecule is COC1CCC(CNC(=O)C2=C(C(=O)C[C@@H](CC(=O)O)C3CCC(OC)CC3)CCCC2)CC1. The Morgan fingerprint density at radius 3 is 1.97 bits per heavy atom.